The van der Waals surface area contributed by atoms with Crippen LogP contribution in [0.5, 0.6) is 5.75 Å². The van der Waals surface area contributed by atoms with Gasteiger partial charge in [-0.25, -0.2) is 13.5 Å². The predicted octanol–water partition coefficient (Wildman–Crippen LogP) is 3.54. The quantitative estimate of drug-likeness (QED) is 0.538. The van der Waals surface area contributed by atoms with Gasteiger partial charge in [0.05, 0.1) is 12.7 Å². The van der Waals surface area contributed by atoms with Crippen LogP contribution in [0, 0.1) is 11.6 Å². The molecular formula is C19H19ClF2N2O4. The smallest absolute Gasteiger partial charge is 0.276 e. The maximum absolute atomic E-state index is 14.5. The normalized spacial score (nSPS) is 14.0. The highest BCUT2D eigenvalue weighted by molar-refractivity contribution is 6.32. The van der Waals surface area contributed by atoms with Crippen molar-refractivity contribution in [2.24, 2.45) is 0 Å². The van der Waals surface area contributed by atoms with Gasteiger partial charge in [-0.15, -0.1) is 0 Å². The second-order valence-electron chi connectivity index (χ2n) is 6.40. The fourth-order valence-corrected chi connectivity index (χ4v) is 3.48. The molecule has 1 aromatic carbocycles. The first-order chi connectivity index (χ1) is 13.3. The summed E-state index contributed by atoms with van der Waals surface area (Å²) in [6.45, 7) is 2.13. The lowest BCUT2D eigenvalue weighted by atomic mass is 10.1. The van der Waals surface area contributed by atoms with Crippen LogP contribution < -0.4 is 10.3 Å². The van der Waals surface area contributed by atoms with E-state index in [0.717, 1.165) is 18.9 Å². The second-order valence-corrected chi connectivity index (χ2v) is 6.76. The molecule has 2 heterocycles. The standard InChI is InChI=1S/C19H19ClF2N2O4/c1-11(25)7-12(27-2)10-28-16-8-13(14(21)9-15(16)22)17-18(20)23-5-3-4-6-24(23)19(17)26/h7-9H,3-6,10H2,1-2H3/b12-7+. The number of carbonyl (C=O) groups is 1. The highest BCUT2D eigenvalue weighted by Crippen LogP contribution is 2.33. The van der Waals surface area contributed by atoms with Gasteiger partial charge in [0.25, 0.3) is 5.56 Å². The molecule has 1 aliphatic heterocycles. The van der Waals surface area contributed by atoms with Crippen LogP contribution >= 0.6 is 11.6 Å². The van der Waals surface area contributed by atoms with E-state index in [-0.39, 0.29) is 40.2 Å². The molecule has 0 fully saturated rings. The van der Waals surface area contributed by atoms with Gasteiger partial charge in [-0.2, -0.15) is 0 Å². The summed E-state index contributed by atoms with van der Waals surface area (Å²) < 4.78 is 42.1. The molecule has 2 aromatic rings. The van der Waals surface area contributed by atoms with Crippen molar-refractivity contribution in [3.63, 3.8) is 0 Å². The minimum atomic E-state index is -0.945. The maximum atomic E-state index is 14.5. The molecule has 0 saturated heterocycles. The van der Waals surface area contributed by atoms with Crippen molar-refractivity contribution in [2.45, 2.75) is 32.9 Å². The molecule has 1 aliphatic rings. The Morgan fingerprint density at radius 2 is 1.89 bits per heavy atom. The lowest BCUT2D eigenvalue weighted by Crippen LogP contribution is -2.27. The van der Waals surface area contributed by atoms with Gasteiger partial charge in [-0.3, -0.25) is 14.3 Å². The van der Waals surface area contributed by atoms with E-state index in [1.165, 1.54) is 24.8 Å². The van der Waals surface area contributed by atoms with Gasteiger partial charge < -0.3 is 9.47 Å². The number of ether oxygens (including phenoxy) is 2. The zero-order chi connectivity index (χ0) is 20.4. The number of benzene rings is 1. The molecule has 6 nitrogen and oxygen atoms in total. The number of halogens is 3. The van der Waals surface area contributed by atoms with Crippen molar-refractivity contribution in [3.05, 3.63) is 51.1 Å². The Balaban J connectivity index is 2.00. The number of rotatable bonds is 6. The number of fused-ring (bicyclic) bond motifs is 1. The first-order valence-electron chi connectivity index (χ1n) is 8.70. The summed E-state index contributed by atoms with van der Waals surface area (Å²) in [5.74, 6) is -2.24. The summed E-state index contributed by atoms with van der Waals surface area (Å²) in [7, 11) is 1.34. The number of allylic oxidation sites excluding steroid dienone is 1. The Bertz CT molecular complexity index is 1010. The molecule has 0 amide bonds. The van der Waals surface area contributed by atoms with E-state index < -0.39 is 17.2 Å². The highest BCUT2D eigenvalue weighted by Gasteiger charge is 2.25. The molecule has 3 rings (SSSR count). The number of methoxy groups -OCH3 is 1. The Kier molecular flexibility index (Phi) is 5.88. The van der Waals surface area contributed by atoms with Crippen LogP contribution in [0.2, 0.25) is 5.15 Å². The van der Waals surface area contributed by atoms with Crippen molar-refractivity contribution in [2.75, 3.05) is 13.7 Å². The number of hydrogen-bond acceptors (Lipinski definition) is 4. The third-order valence-corrected chi connectivity index (χ3v) is 4.83. The van der Waals surface area contributed by atoms with E-state index in [2.05, 4.69) is 0 Å². The Morgan fingerprint density at radius 1 is 1.21 bits per heavy atom. The van der Waals surface area contributed by atoms with Crippen molar-refractivity contribution in [3.8, 4) is 16.9 Å². The van der Waals surface area contributed by atoms with Crippen LogP contribution in [-0.2, 0) is 22.6 Å². The fraction of sp³-hybridized carbons (Fsp3) is 0.368. The molecule has 150 valence electrons. The first kappa shape index (κ1) is 20.1. The van der Waals surface area contributed by atoms with Crippen LogP contribution in [0.4, 0.5) is 8.78 Å². The molecule has 9 heteroatoms. The molecule has 0 unspecified atom stereocenters. The third-order valence-electron chi connectivity index (χ3n) is 4.45. The van der Waals surface area contributed by atoms with Crippen molar-refractivity contribution in [1.82, 2.24) is 9.36 Å². The van der Waals surface area contributed by atoms with Crippen molar-refractivity contribution < 1.29 is 23.0 Å². The minimum absolute atomic E-state index is 0.0304. The molecule has 0 aliphatic carbocycles. The van der Waals surface area contributed by atoms with E-state index in [1.54, 1.807) is 4.68 Å². The average molecular weight is 413 g/mol. The summed E-state index contributed by atoms with van der Waals surface area (Å²) in [5.41, 5.74) is -0.609. The van der Waals surface area contributed by atoms with Crippen molar-refractivity contribution >= 4 is 17.4 Å². The summed E-state index contributed by atoms with van der Waals surface area (Å²) in [5, 5.41) is 0.107. The SMILES string of the molecule is CO/C(=C/C(C)=O)COc1cc(-c2c(Cl)n3n(c2=O)CCCC3)c(F)cc1F. The summed E-state index contributed by atoms with van der Waals surface area (Å²) in [6, 6.07) is 1.74. The molecule has 1 aromatic heterocycles. The largest absolute Gasteiger partial charge is 0.497 e. The zero-order valence-corrected chi connectivity index (χ0v) is 16.2. The Hall–Kier alpha value is -2.61. The molecule has 0 atom stereocenters. The van der Waals surface area contributed by atoms with Crippen LogP contribution in [0.25, 0.3) is 11.1 Å². The minimum Gasteiger partial charge on any atom is -0.497 e. The van der Waals surface area contributed by atoms with Crippen LogP contribution in [0.15, 0.2) is 28.8 Å². The lowest BCUT2D eigenvalue weighted by molar-refractivity contribution is -0.112. The second kappa shape index (κ2) is 8.18. The molecule has 0 saturated carbocycles. The zero-order valence-electron chi connectivity index (χ0n) is 15.4. The van der Waals surface area contributed by atoms with Gasteiger partial charge >= 0.3 is 0 Å². The summed E-state index contributed by atoms with van der Waals surface area (Å²) >= 11 is 6.33. The highest BCUT2D eigenvalue weighted by atomic mass is 35.5. The maximum Gasteiger partial charge on any atom is 0.276 e. The number of ketones is 1. The molecule has 0 spiro atoms. The van der Waals surface area contributed by atoms with E-state index in [0.29, 0.717) is 19.2 Å². The molecule has 28 heavy (non-hydrogen) atoms. The van der Waals surface area contributed by atoms with E-state index in [4.69, 9.17) is 21.1 Å². The summed E-state index contributed by atoms with van der Waals surface area (Å²) in [4.78, 5) is 23.9. The van der Waals surface area contributed by atoms with Gasteiger partial charge in [-0.05, 0) is 25.8 Å². The molecule has 0 radical (unpaired) electrons. The van der Waals surface area contributed by atoms with E-state index >= 15 is 0 Å². The van der Waals surface area contributed by atoms with Gasteiger partial charge in [0.15, 0.2) is 17.3 Å². The average Bonchev–Trinajstić information content (AvgIpc) is 2.91. The molecular weight excluding hydrogens is 394 g/mol. The Labute approximate surface area is 164 Å². The van der Waals surface area contributed by atoms with Gasteiger partial charge in [0.1, 0.15) is 23.3 Å². The number of nitrogens with zero attached hydrogens (tertiary/aromatic N) is 2. The van der Waals surface area contributed by atoms with Crippen molar-refractivity contribution in [1.29, 1.82) is 0 Å². The van der Waals surface area contributed by atoms with E-state index in [1.807, 2.05) is 0 Å². The van der Waals surface area contributed by atoms with Gasteiger partial charge in [-0.1, -0.05) is 11.6 Å². The lowest BCUT2D eigenvalue weighted by Gasteiger charge is -2.17. The van der Waals surface area contributed by atoms with Gasteiger partial charge in [0.2, 0.25) is 0 Å². The summed E-state index contributed by atoms with van der Waals surface area (Å²) in [6.07, 6.45) is 2.88. The monoisotopic (exact) mass is 412 g/mol. The van der Waals surface area contributed by atoms with Gasteiger partial charge in [0, 0.05) is 30.8 Å². The number of hydrogen-bond donors (Lipinski definition) is 0. The Morgan fingerprint density at radius 3 is 2.50 bits per heavy atom. The molecule has 0 bridgehead atoms. The fourth-order valence-electron chi connectivity index (χ4n) is 3.12. The van der Waals surface area contributed by atoms with Crippen LogP contribution in [0.3, 0.4) is 0 Å². The van der Waals surface area contributed by atoms with Crippen LogP contribution in [0.1, 0.15) is 19.8 Å². The number of carbonyl (C=O) groups excluding carboxylic acids is 1. The number of aromatic nitrogens is 2. The predicted molar refractivity (Wildman–Crippen MR) is 99.6 cm³/mol. The third kappa shape index (κ3) is 3.82. The topological polar surface area (TPSA) is 62.5 Å². The first-order valence-corrected chi connectivity index (χ1v) is 9.07. The molecule has 0 N–H and O–H groups in total. The van der Waals surface area contributed by atoms with E-state index in [9.17, 15) is 18.4 Å². The van der Waals surface area contributed by atoms with Crippen LogP contribution in [-0.4, -0.2) is 28.9 Å².